The van der Waals surface area contributed by atoms with Gasteiger partial charge in [-0.25, -0.2) is 0 Å². The standard InChI is InChI=1S/2C14H11F3N2O.2C2H4O2.2Pd/c2*15-14(16,17)11-6-2-1-5-10(11)9-19-13(20)12-7-3-4-8-18-12;2*1-2(3)4;;/h2*1-8H,9H2,(H,19,20);2*1H3,(H,3,4);;/q;;;;2*+2/p-4. The number of halogens is 6. The van der Waals surface area contributed by atoms with Crippen molar-refractivity contribution in [2.24, 2.45) is 9.98 Å². The Hall–Kier alpha value is -4.48. The minimum Gasteiger partial charge on any atom is -0.857 e. The topological polar surface area (TPSA) is 177 Å². The van der Waals surface area contributed by atoms with Crippen LogP contribution in [0.2, 0.25) is 0 Å². The predicted octanol–water partition coefficient (Wildman–Crippen LogP) is 2.32. The molecule has 0 saturated heterocycles. The smallest absolute Gasteiger partial charge is 0.857 e. The first-order chi connectivity index (χ1) is 22.4. The van der Waals surface area contributed by atoms with E-state index in [0.29, 0.717) is 0 Å². The Kier molecular flexibility index (Phi) is 22.7. The molecule has 4 rings (SSSR count). The molecule has 0 aliphatic carbocycles. The van der Waals surface area contributed by atoms with Crippen molar-refractivity contribution in [1.82, 2.24) is 9.97 Å². The van der Waals surface area contributed by atoms with Crippen molar-refractivity contribution >= 4 is 23.7 Å². The fourth-order valence-corrected chi connectivity index (χ4v) is 3.32. The quantitative estimate of drug-likeness (QED) is 0.123. The van der Waals surface area contributed by atoms with E-state index in [-0.39, 0.29) is 76.4 Å². The summed E-state index contributed by atoms with van der Waals surface area (Å²) in [5, 5.41) is 41.1. The maximum atomic E-state index is 12.8. The molecule has 0 amide bonds. The molecule has 10 nitrogen and oxygen atoms in total. The van der Waals surface area contributed by atoms with Gasteiger partial charge in [0.1, 0.15) is 0 Å². The van der Waals surface area contributed by atoms with Gasteiger partial charge in [-0.1, -0.05) is 48.5 Å². The molecule has 0 atom stereocenters. The molecule has 0 unspecified atom stereocenters. The molecule has 2 aromatic heterocycles. The zero-order valence-electron chi connectivity index (χ0n) is 25.8. The van der Waals surface area contributed by atoms with Gasteiger partial charge >= 0.3 is 53.2 Å². The van der Waals surface area contributed by atoms with Gasteiger partial charge in [0.05, 0.1) is 35.6 Å². The first-order valence-corrected chi connectivity index (χ1v) is 13.3. The largest absolute Gasteiger partial charge is 2.00 e. The van der Waals surface area contributed by atoms with Gasteiger partial charge in [-0.2, -0.15) is 26.3 Å². The van der Waals surface area contributed by atoms with Crippen molar-refractivity contribution in [1.29, 1.82) is 0 Å². The monoisotopic (exact) mass is 888 g/mol. The summed E-state index contributed by atoms with van der Waals surface area (Å²) in [6.45, 7) is 1.29. The maximum absolute atomic E-state index is 12.8. The summed E-state index contributed by atoms with van der Waals surface area (Å²) in [7, 11) is 0. The van der Waals surface area contributed by atoms with E-state index in [0.717, 1.165) is 26.0 Å². The Morgan fingerprint density at radius 1 is 0.560 bits per heavy atom. The minimum atomic E-state index is -4.46. The zero-order chi connectivity index (χ0) is 36.3. The molecule has 0 saturated carbocycles. The first-order valence-electron chi connectivity index (χ1n) is 13.3. The molecule has 4 aromatic rings. The Bertz CT molecular complexity index is 1530. The molecule has 2 heterocycles. The van der Waals surface area contributed by atoms with E-state index in [4.69, 9.17) is 19.8 Å². The first kappa shape index (κ1) is 47.6. The van der Waals surface area contributed by atoms with Crippen molar-refractivity contribution in [2.45, 2.75) is 39.3 Å². The number of nitrogens with zero attached hydrogens (tertiary/aromatic N) is 4. The van der Waals surface area contributed by atoms with Crippen LogP contribution in [-0.2, 0) is 75.9 Å². The van der Waals surface area contributed by atoms with Gasteiger partial charge in [-0.15, -0.1) is 0 Å². The van der Waals surface area contributed by atoms with Crippen LogP contribution in [0, 0.1) is 0 Å². The molecular weight excluding hydrogens is 863 g/mol. The SMILES string of the molecule is CC(=O)[O-].CC(=O)[O-].[O-]C(=NCc1ccccc1C(F)(F)F)c1ccccn1.[O-]C(=NCc1ccccc1C(F)(F)F)c1ccccn1.[Pd+2].[Pd+2]. The summed E-state index contributed by atoms with van der Waals surface area (Å²) < 4.78 is 76.5. The number of aliphatic imine (C=N–C) groups is 2. The molecule has 0 fully saturated rings. The van der Waals surface area contributed by atoms with Gasteiger partial charge < -0.3 is 30.0 Å². The van der Waals surface area contributed by atoms with E-state index in [1.165, 1.54) is 60.9 Å². The van der Waals surface area contributed by atoms with Crippen LogP contribution in [0.4, 0.5) is 26.3 Å². The number of carboxylic acid groups (broad SMARTS) is 2. The average Bonchev–Trinajstić information content (AvgIpc) is 3.02. The van der Waals surface area contributed by atoms with Crippen LogP contribution in [0.1, 0.15) is 47.5 Å². The average molecular weight is 889 g/mol. The van der Waals surface area contributed by atoms with Crippen LogP contribution in [0.3, 0.4) is 0 Å². The molecule has 0 aliphatic heterocycles. The van der Waals surface area contributed by atoms with Gasteiger partial charge in [0.25, 0.3) is 0 Å². The number of carbonyl (C=O) groups is 2. The second-order valence-electron chi connectivity index (χ2n) is 8.97. The number of aliphatic carboxylic acids is 2. The van der Waals surface area contributed by atoms with Crippen LogP contribution in [0.15, 0.2) is 107 Å². The number of alkyl halides is 6. The molecule has 272 valence electrons. The third-order valence-electron chi connectivity index (χ3n) is 5.20. The molecule has 0 N–H and O–H groups in total. The summed E-state index contributed by atoms with van der Waals surface area (Å²) in [6.07, 6.45) is -6.07. The van der Waals surface area contributed by atoms with Crippen LogP contribution >= 0.6 is 0 Å². The molecular formula is C32H26F6N4O6Pd2. The number of hydrogen-bond acceptors (Lipinski definition) is 10. The number of benzene rings is 2. The zero-order valence-corrected chi connectivity index (χ0v) is 28.9. The summed E-state index contributed by atoms with van der Waals surface area (Å²) in [4.78, 5) is 32.6. The van der Waals surface area contributed by atoms with E-state index in [1.807, 2.05) is 0 Å². The van der Waals surface area contributed by atoms with Gasteiger partial charge in [0.2, 0.25) is 0 Å². The molecule has 0 aliphatic rings. The van der Waals surface area contributed by atoms with Crippen molar-refractivity contribution < 1.29 is 97.2 Å². The van der Waals surface area contributed by atoms with Crippen LogP contribution < -0.4 is 20.4 Å². The second-order valence-corrected chi connectivity index (χ2v) is 8.97. The fourth-order valence-electron chi connectivity index (χ4n) is 3.32. The van der Waals surface area contributed by atoms with Crippen LogP contribution in [0.25, 0.3) is 0 Å². The normalized spacial score (nSPS) is 11.0. The molecule has 0 radical (unpaired) electrons. The van der Waals surface area contributed by atoms with Gasteiger partial charge in [0.15, 0.2) is 0 Å². The van der Waals surface area contributed by atoms with E-state index in [9.17, 15) is 36.6 Å². The Morgan fingerprint density at radius 3 is 1.10 bits per heavy atom. The maximum Gasteiger partial charge on any atom is 2.00 e. The van der Waals surface area contributed by atoms with Gasteiger partial charge in [-0.05, 0) is 61.4 Å². The second kappa shape index (κ2) is 23.8. The number of rotatable bonds is 6. The summed E-state index contributed by atoms with van der Waals surface area (Å²) in [5.74, 6) is -3.44. The van der Waals surface area contributed by atoms with E-state index in [1.54, 1.807) is 24.3 Å². The molecule has 18 heteroatoms. The molecule has 0 spiro atoms. The van der Waals surface area contributed by atoms with Crippen molar-refractivity contribution in [2.75, 3.05) is 0 Å². The Balaban J connectivity index is 0. The Morgan fingerprint density at radius 2 is 0.840 bits per heavy atom. The summed E-state index contributed by atoms with van der Waals surface area (Å²) in [5.41, 5.74) is -1.42. The van der Waals surface area contributed by atoms with Crippen LogP contribution in [-0.4, -0.2) is 33.7 Å². The number of carboxylic acids is 2. The third-order valence-corrected chi connectivity index (χ3v) is 5.20. The van der Waals surface area contributed by atoms with Gasteiger partial charge in [0, 0.05) is 36.1 Å². The number of aromatic nitrogens is 2. The minimum absolute atomic E-state index is 0. The summed E-state index contributed by atoms with van der Waals surface area (Å²) >= 11 is 0. The van der Waals surface area contributed by atoms with E-state index >= 15 is 0 Å². The summed E-state index contributed by atoms with van der Waals surface area (Å²) in [6, 6.07) is 19.5. The fraction of sp³-hybridized carbons (Fsp3) is 0.188. The number of carbonyl (C=O) groups excluding carboxylic acids is 2. The van der Waals surface area contributed by atoms with E-state index < -0.39 is 47.2 Å². The third kappa shape index (κ3) is 19.5. The Labute approximate surface area is 310 Å². The number of pyridine rings is 2. The molecule has 50 heavy (non-hydrogen) atoms. The van der Waals surface area contributed by atoms with Gasteiger partial charge in [-0.3, -0.25) is 20.0 Å². The van der Waals surface area contributed by atoms with Crippen molar-refractivity contribution in [3.05, 3.63) is 131 Å². The van der Waals surface area contributed by atoms with Crippen molar-refractivity contribution in [3.8, 4) is 0 Å². The molecule has 0 bridgehead atoms. The predicted molar refractivity (Wildman–Crippen MR) is 153 cm³/mol. The molecule has 2 aromatic carbocycles. The number of hydrogen-bond donors (Lipinski definition) is 0. The van der Waals surface area contributed by atoms with Crippen LogP contribution in [0.5, 0.6) is 0 Å². The van der Waals surface area contributed by atoms with Crippen molar-refractivity contribution in [3.63, 3.8) is 0 Å². The van der Waals surface area contributed by atoms with E-state index in [2.05, 4.69) is 20.0 Å².